The third kappa shape index (κ3) is 3.74. The largest absolute Gasteiger partial charge is 0.454 e. The standard InChI is InChI=1S/C19H20N2O3/c1-2-3-9-16(14-7-5-4-6-8-14)20-21-19(22)15-10-11-17-18(12-15)24-13-23-17/h4-8,10-12H,2-3,9,13H2,1H3,(H,21,22)/b20-16-. The molecule has 0 aromatic heterocycles. The molecule has 5 nitrogen and oxygen atoms in total. The molecule has 1 amide bonds. The van der Waals surface area contributed by atoms with Gasteiger partial charge in [0, 0.05) is 5.56 Å². The van der Waals surface area contributed by atoms with E-state index in [1.807, 2.05) is 30.3 Å². The van der Waals surface area contributed by atoms with Crippen molar-refractivity contribution in [1.29, 1.82) is 0 Å². The molecular weight excluding hydrogens is 304 g/mol. The monoisotopic (exact) mass is 324 g/mol. The second-order valence-corrected chi connectivity index (χ2v) is 5.54. The van der Waals surface area contributed by atoms with Gasteiger partial charge < -0.3 is 9.47 Å². The molecule has 0 saturated heterocycles. The van der Waals surface area contributed by atoms with Gasteiger partial charge in [-0.3, -0.25) is 4.79 Å². The topological polar surface area (TPSA) is 59.9 Å². The maximum Gasteiger partial charge on any atom is 0.271 e. The number of rotatable bonds is 6. The van der Waals surface area contributed by atoms with E-state index in [1.165, 1.54) is 0 Å². The van der Waals surface area contributed by atoms with E-state index >= 15 is 0 Å². The lowest BCUT2D eigenvalue weighted by Gasteiger charge is -2.07. The number of carbonyl (C=O) groups is 1. The highest BCUT2D eigenvalue weighted by Gasteiger charge is 2.16. The Morgan fingerprint density at radius 3 is 2.67 bits per heavy atom. The van der Waals surface area contributed by atoms with Crippen molar-refractivity contribution in [3.05, 3.63) is 59.7 Å². The minimum atomic E-state index is -0.266. The van der Waals surface area contributed by atoms with Crippen molar-refractivity contribution in [2.75, 3.05) is 6.79 Å². The van der Waals surface area contributed by atoms with Gasteiger partial charge in [0.25, 0.3) is 5.91 Å². The lowest BCUT2D eigenvalue weighted by molar-refractivity contribution is 0.0954. The third-order valence-corrected chi connectivity index (χ3v) is 3.80. The summed E-state index contributed by atoms with van der Waals surface area (Å²) in [5.74, 6) is 0.974. The molecule has 1 heterocycles. The van der Waals surface area contributed by atoms with E-state index in [-0.39, 0.29) is 12.7 Å². The highest BCUT2D eigenvalue weighted by atomic mass is 16.7. The molecule has 1 aliphatic heterocycles. The number of hydrogen-bond acceptors (Lipinski definition) is 4. The Morgan fingerprint density at radius 1 is 1.08 bits per heavy atom. The van der Waals surface area contributed by atoms with Gasteiger partial charge in [-0.15, -0.1) is 0 Å². The Hall–Kier alpha value is -2.82. The third-order valence-electron chi connectivity index (χ3n) is 3.80. The van der Waals surface area contributed by atoms with Crippen molar-refractivity contribution in [1.82, 2.24) is 5.43 Å². The Kier molecular flexibility index (Phi) is 5.11. The van der Waals surface area contributed by atoms with Crippen LogP contribution in [-0.4, -0.2) is 18.4 Å². The number of hydrogen-bond donors (Lipinski definition) is 1. The second-order valence-electron chi connectivity index (χ2n) is 5.54. The lowest BCUT2D eigenvalue weighted by Crippen LogP contribution is -2.20. The summed E-state index contributed by atoms with van der Waals surface area (Å²) < 4.78 is 10.6. The molecule has 0 aliphatic carbocycles. The quantitative estimate of drug-likeness (QED) is 0.650. The van der Waals surface area contributed by atoms with Crippen molar-refractivity contribution in [2.45, 2.75) is 26.2 Å². The first kappa shape index (κ1) is 16.1. The van der Waals surface area contributed by atoms with Gasteiger partial charge in [-0.25, -0.2) is 5.43 Å². The Balaban J connectivity index is 1.74. The SMILES string of the molecule is CCCC/C(=N/NC(=O)c1ccc2c(c1)OCO2)c1ccccc1. The average Bonchev–Trinajstić information content (AvgIpc) is 3.10. The first-order valence-corrected chi connectivity index (χ1v) is 8.10. The molecule has 2 aromatic carbocycles. The minimum absolute atomic E-state index is 0.188. The maximum atomic E-state index is 12.3. The van der Waals surface area contributed by atoms with E-state index in [0.717, 1.165) is 30.5 Å². The molecule has 124 valence electrons. The average molecular weight is 324 g/mol. The Morgan fingerprint density at radius 2 is 1.88 bits per heavy atom. The summed E-state index contributed by atoms with van der Waals surface area (Å²) in [7, 11) is 0. The van der Waals surface area contributed by atoms with Crippen LogP contribution in [0.1, 0.15) is 42.1 Å². The van der Waals surface area contributed by atoms with Gasteiger partial charge in [0.05, 0.1) is 5.71 Å². The molecule has 0 radical (unpaired) electrons. The zero-order chi connectivity index (χ0) is 16.8. The normalized spacial score (nSPS) is 13.0. The number of ether oxygens (including phenoxy) is 2. The predicted molar refractivity (Wildman–Crippen MR) is 92.5 cm³/mol. The number of nitrogens with one attached hydrogen (secondary N) is 1. The van der Waals surface area contributed by atoms with Crippen LogP contribution in [0.15, 0.2) is 53.6 Å². The molecule has 5 heteroatoms. The molecule has 2 aromatic rings. The summed E-state index contributed by atoms with van der Waals surface area (Å²) in [5, 5.41) is 4.35. The number of fused-ring (bicyclic) bond motifs is 1. The van der Waals surface area contributed by atoms with Crippen molar-refractivity contribution < 1.29 is 14.3 Å². The summed E-state index contributed by atoms with van der Waals surface area (Å²) in [6, 6.07) is 15.0. The smallest absolute Gasteiger partial charge is 0.271 e. The molecule has 1 aliphatic rings. The van der Waals surface area contributed by atoms with Crippen LogP contribution in [0.2, 0.25) is 0 Å². The van der Waals surface area contributed by atoms with Crippen LogP contribution < -0.4 is 14.9 Å². The maximum absolute atomic E-state index is 12.3. The summed E-state index contributed by atoms with van der Waals surface area (Å²) in [4.78, 5) is 12.3. The first-order chi connectivity index (χ1) is 11.8. The van der Waals surface area contributed by atoms with Crippen LogP contribution in [-0.2, 0) is 0 Å². The number of benzene rings is 2. The molecule has 0 bridgehead atoms. The number of nitrogens with zero attached hydrogens (tertiary/aromatic N) is 1. The summed E-state index contributed by atoms with van der Waals surface area (Å²) >= 11 is 0. The van der Waals surface area contributed by atoms with Gasteiger partial charge in [0.2, 0.25) is 6.79 Å². The Bertz CT molecular complexity index is 742. The van der Waals surface area contributed by atoms with Crippen molar-refractivity contribution >= 4 is 11.6 Å². The molecule has 0 fully saturated rings. The number of hydrazone groups is 1. The Labute approximate surface area is 141 Å². The molecule has 0 atom stereocenters. The van der Waals surface area contributed by atoms with Gasteiger partial charge in [0.1, 0.15) is 0 Å². The van der Waals surface area contributed by atoms with Crippen LogP contribution >= 0.6 is 0 Å². The van der Waals surface area contributed by atoms with E-state index < -0.39 is 0 Å². The lowest BCUT2D eigenvalue weighted by atomic mass is 10.1. The molecular formula is C19H20N2O3. The highest BCUT2D eigenvalue weighted by molar-refractivity contribution is 6.02. The van der Waals surface area contributed by atoms with Crippen molar-refractivity contribution in [3.8, 4) is 11.5 Å². The van der Waals surface area contributed by atoms with Crippen molar-refractivity contribution in [3.63, 3.8) is 0 Å². The van der Waals surface area contributed by atoms with Crippen molar-refractivity contribution in [2.24, 2.45) is 5.10 Å². The van der Waals surface area contributed by atoms with Crippen LogP contribution in [0.4, 0.5) is 0 Å². The summed E-state index contributed by atoms with van der Waals surface area (Å²) in [6.07, 6.45) is 2.91. The molecule has 0 saturated carbocycles. The van der Waals surface area contributed by atoms with E-state index in [9.17, 15) is 4.79 Å². The molecule has 0 spiro atoms. The van der Waals surface area contributed by atoms with Gasteiger partial charge in [-0.1, -0.05) is 43.7 Å². The van der Waals surface area contributed by atoms with E-state index in [0.29, 0.717) is 17.1 Å². The van der Waals surface area contributed by atoms with Gasteiger partial charge in [-0.05, 0) is 36.6 Å². The zero-order valence-corrected chi connectivity index (χ0v) is 13.6. The zero-order valence-electron chi connectivity index (χ0n) is 13.6. The van der Waals surface area contributed by atoms with Crippen LogP contribution in [0, 0.1) is 0 Å². The fraction of sp³-hybridized carbons (Fsp3) is 0.263. The highest BCUT2D eigenvalue weighted by Crippen LogP contribution is 2.32. The molecule has 1 N–H and O–H groups in total. The fourth-order valence-corrected chi connectivity index (χ4v) is 2.46. The number of carbonyl (C=O) groups excluding carboxylic acids is 1. The minimum Gasteiger partial charge on any atom is -0.454 e. The van der Waals surface area contributed by atoms with E-state index in [4.69, 9.17) is 9.47 Å². The predicted octanol–water partition coefficient (Wildman–Crippen LogP) is 3.74. The molecule has 3 rings (SSSR count). The van der Waals surface area contributed by atoms with Crippen LogP contribution in [0.25, 0.3) is 0 Å². The van der Waals surface area contributed by atoms with Gasteiger partial charge in [0.15, 0.2) is 11.5 Å². The number of amides is 1. The van der Waals surface area contributed by atoms with Crippen LogP contribution in [0.5, 0.6) is 11.5 Å². The molecule has 0 unspecified atom stereocenters. The van der Waals surface area contributed by atoms with E-state index in [2.05, 4.69) is 17.5 Å². The van der Waals surface area contributed by atoms with Gasteiger partial charge >= 0.3 is 0 Å². The van der Waals surface area contributed by atoms with Crippen LogP contribution in [0.3, 0.4) is 0 Å². The second kappa shape index (κ2) is 7.64. The summed E-state index contributed by atoms with van der Waals surface area (Å²) in [5.41, 5.74) is 5.05. The van der Waals surface area contributed by atoms with E-state index in [1.54, 1.807) is 18.2 Å². The first-order valence-electron chi connectivity index (χ1n) is 8.10. The fourth-order valence-electron chi connectivity index (χ4n) is 2.46. The number of unbranched alkanes of at least 4 members (excludes halogenated alkanes) is 1. The van der Waals surface area contributed by atoms with Gasteiger partial charge in [-0.2, -0.15) is 5.10 Å². The molecule has 24 heavy (non-hydrogen) atoms. The summed E-state index contributed by atoms with van der Waals surface area (Å²) in [6.45, 7) is 2.32.